The van der Waals surface area contributed by atoms with Crippen LogP contribution in [0.25, 0.3) is 11.1 Å². The fraction of sp³-hybridized carbons (Fsp3) is 0.400. The van der Waals surface area contributed by atoms with Crippen LogP contribution in [0.3, 0.4) is 0 Å². The van der Waals surface area contributed by atoms with Crippen LogP contribution in [0.15, 0.2) is 55.1 Å². The molecule has 8 nitrogen and oxygen atoms in total. The molecular weight excluding hydrogens is 358 g/mol. The number of aliphatic hydroxyl groups is 1. The first-order chi connectivity index (χ1) is 13.7. The van der Waals surface area contributed by atoms with Crippen LogP contribution in [0.1, 0.15) is 11.6 Å². The molecule has 0 spiro atoms. The zero-order valence-corrected chi connectivity index (χ0v) is 15.5. The zero-order chi connectivity index (χ0) is 19.1. The van der Waals surface area contributed by atoms with Crippen LogP contribution < -0.4 is 5.32 Å². The van der Waals surface area contributed by atoms with Gasteiger partial charge in [-0.2, -0.15) is 10.2 Å². The average molecular weight is 381 g/mol. The molecule has 3 aromatic rings. The Morgan fingerprint density at radius 2 is 2.00 bits per heavy atom. The van der Waals surface area contributed by atoms with Gasteiger partial charge in [-0.05, 0) is 5.56 Å². The van der Waals surface area contributed by atoms with Gasteiger partial charge in [0.05, 0.1) is 31.1 Å². The number of benzene rings is 1. The first-order valence-electron chi connectivity index (χ1n) is 9.44. The third-order valence-electron chi connectivity index (χ3n) is 5.45. The second-order valence-corrected chi connectivity index (χ2v) is 7.36. The number of aromatic nitrogens is 4. The standard InChI is InChI=1S/C20H23N5O3/c1-24-10-13(8-22-24)7-21-17-16-12-27-20(28-16)18(19(17)26)25-11-15(9-23-25)14-5-3-2-4-6-14/h2-6,8-11,16-21,26H,7,12H2,1H3/t16-,17-,18-,19+,20-/m1/s1. The summed E-state index contributed by atoms with van der Waals surface area (Å²) >= 11 is 0. The second kappa shape index (κ2) is 7.14. The lowest BCUT2D eigenvalue weighted by atomic mass is 9.96. The molecule has 1 aromatic carbocycles. The number of hydrogen-bond acceptors (Lipinski definition) is 6. The summed E-state index contributed by atoms with van der Waals surface area (Å²) in [5.74, 6) is 0. The van der Waals surface area contributed by atoms with Crippen molar-refractivity contribution in [2.24, 2.45) is 7.05 Å². The Balaban J connectivity index is 1.36. The van der Waals surface area contributed by atoms with E-state index in [0.29, 0.717) is 13.2 Å². The third-order valence-corrected chi connectivity index (χ3v) is 5.45. The summed E-state index contributed by atoms with van der Waals surface area (Å²) in [7, 11) is 1.88. The molecule has 2 fully saturated rings. The predicted octanol–water partition coefficient (Wildman–Crippen LogP) is 1.10. The molecule has 2 aromatic heterocycles. The molecule has 8 heteroatoms. The van der Waals surface area contributed by atoms with Gasteiger partial charge in [-0.1, -0.05) is 30.3 Å². The van der Waals surface area contributed by atoms with E-state index in [1.54, 1.807) is 15.6 Å². The first-order valence-corrected chi connectivity index (χ1v) is 9.44. The smallest absolute Gasteiger partial charge is 0.183 e. The molecule has 146 valence electrons. The summed E-state index contributed by atoms with van der Waals surface area (Å²) in [6, 6.07) is 9.38. The summed E-state index contributed by atoms with van der Waals surface area (Å²) in [6.45, 7) is 1.05. The van der Waals surface area contributed by atoms with Crippen molar-refractivity contribution in [1.29, 1.82) is 0 Å². The minimum absolute atomic E-state index is 0.183. The van der Waals surface area contributed by atoms with E-state index in [2.05, 4.69) is 15.5 Å². The average Bonchev–Trinajstić information content (AvgIpc) is 3.44. The Bertz CT molecular complexity index is 940. The molecule has 0 amide bonds. The quantitative estimate of drug-likeness (QED) is 0.688. The molecule has 2 aliphatic rings. The van der Waals surface area contributed by atoms with Gasteiger partial charge in [-0.3, -0.25) is 9.36 Å². The molecule has 28 heavy (non-hydrogen) atoms. The Morgan fingerprint density at radius 1 is 1.14 bits per heavy atom. The van der Waals surface area contributed by atoms with Gasteiger partial charge >= 0.3 is 0 Å². The van der Waals surface area contributed by atoms with Gasteiger partial charge in [0.2, 0.25) is 0 Å². The Kier molecular flexibility index (Phi) is 4.48. The zero-order valence-electron chi connectivity index (χ0n) is 15.5. The van der Waals surface area contributed by atoms with Gasteiger partial charge in [0, 0.05) is 37.1 Å². The van der Waals surface area contributed by atoms with E-state index in [0.717, 1.165) is 16.7 Å². The van der Waals surface area contributed by atoms with Crippen molar-refractivity contribution in [2.75, 3.05) is 6.61 Å². The van der Waals surface area contributed by atoms with Crippen LogP contribution in [-0.4, -0.2) is 55.8 Å². The van der Waals surface area contributed by atoms with Crippen LogP contribution in [0, 0.1) is 0 Å². The topological polar surface area (TPSA) is 86.4 Å². The molecule has 0 saturated carbocycles. The highest BCUT2D eigenvalue weighted by molar-refractivity contribution is 5.61. The fourth-order valence-electron chi connectivity index (χ4n) is 4.01. The molecule has 2 bridgehead atoms. The normalized spacial score (nSPS) is 29.3. The van der Waals surface area contributed by atoms with Gasteiger partial charge in [0.1, 0.15) is 12.1 Å². The highest BCUT2D eigenvalue weighted by atomic mass is 16.7. The molecule has 2 saturated heterocycles. The van der Waals surface area contributed by atoms with Crippen molar-refractivity contribution in [3.8, 4) is 11.1 Å². The molecular formula is C20H23N5O3. The van der Waals surface area contributed by atoms with Crippen LogP contribution in [0.5, 0.6) is 0 Å². The lowest BCUT2D eigenvalue weighted by Gasteiger charge is -2.38. The number of rotatable bonds is 5. The van der Waals surface area contributed by atoms with Crippen LogP contribution >= 0.6 is 0 Å². The Labute approximate surface area is 162 Å². The SMILES string of the molecule is Cn1cc(CN[C@H]2[C@H](O)[C@@H](n3cc(-c4ccccc4)cn3)[C@@H]3OC[C@H]2O3)cn1. The molecule has 0 aliphatic carbocycles. The van der Waals surface area contributed by atoms with E-state index in [-0.39, 0.29) is 12.1 Å². The summed E-state index contributed by atoms with van der Waals surface area (Å²) in [6.07, 6.45) is 6.14. The second-order valence-electron chi connectivity index (χ2n) is 7.36. The lowest BCUT2D eigenvalue weighted by Crippen LogP contribution is -2.57. The molecule has 5 atom stereocenters. The number of aryl methyl sites for hydroxylation is 1. The van der Waals surface area contributed by atoms with Gasteiger partial charge in [-0.25, -0.2) is 0 Å². The van der Waals surface area contributed by atoms with E-state index in [1.165, 1.54) is 0 Å². The molecule has 0 unspecified atom stereocenters. The van der Waals surface area contributed by atoms with Gasteiger partial charge < -0.3 is 19.9 Å². The molecule has 2 N–H and O–H groups in total. The van der Waals surface area contributed by atoms with E-state index >= 15 is 0 Å². The molecule has 4 heterocycles. The third kappa shape index (κ3) is 3.14. The van der Waals surface area contributed by atoms with Crippen LogP contribution in [0.2, 0.25) is 0 Å². The van der Waals surface area contributed by atoms with Crippen molar-refractivity contribution < 1.29 is 14.6 Å². The van der Waals surface area contributed by atoms with Crippen LogP contribution in [-0.2, 0) is 23.1 Å². The van der Waals surface area contributed by atoms with Crippen molar-refractivity contribution in [1.82, 2.24) is 24.9 Å². The lowest BCUT2D eigenvalue weighted by molar-refractivity contribution is -0.168. The number of hydrogen-bond donors (Lipinski definition) is 2. The van der Waals surface area contributed by atoms with Crippen LogP contribution in [0.4, 0.5) is 0 Å². The van der Waals surface area contributed by atoms with Crippen molar-refractivity contribution >= 4 is 0 Å². The van der Waals surface area contributed by atoms with E-state index < -0.39 is 18.4 Å². The number of fused-ring (bicyclic) bond motifs is 2. The maximum atomic E-state index is 11.1. The van der Waals surface area contributed by atoms with E-state index in [9.17, 15) is 5.11 Å². The maximum absolute atomic E-state index is 11.1. The number of aliphatic hydroxyl groups excluding tert-OH is 1. The summed E-state index contributed by atoms with van der Waals surface area (Å²) in [5.41, 5.74) is 3.13. The van der Waals surface area contributed by atoms with Crippen molar-refractivity contribution in [2.45, 2.75) is 37.1 Å². The van der Waals surface area contributed by atoms with Gasteiger partial charge in [0.25, 0.3) is 0 Å². The molecule has 5 rings (SSSR count). The summed E-state index contributed by atoms with van der Waals surface area (Å²) in [4.78, 5) is 0. The van der Waals surface area contributed by atoms with Gasteiger partial charge in [0.15, 0.2) is 6.29 Å². The molecule has 2 aliphatic heterocycles. The van der Waals surface area contributed by atoms with Crippen molar-refractivity contribution in [3.63, 3.8) is 0 Å². The van der Waals surface area contributed by atoms with Gasteiger partial charge in [-0.15, -0.1) is 0 Å². The maximum Gasteiger partial charge on any atom is 0.183 e. The minimum atomic E-state index is -0.688. The molecule has 0 radical (unpaired) electrons. The monoisotopic (exact) mass is 381 g/mol. The number of nitrogens with zero attached hydrogens (tertiary/aromatic N) is 4. The summed E-state index contributed by atoms with van der Waals surface area (Å²) < 4.78 is 15.4. The van der Waals surface area contributed by atoms with E-state index in [4.69, 9.17) is 9.47 Å². The highest BCUT2D eigenvalue weighted by Gasteiger charge is 2.51. The largest absolute Gasteiger partial charge is 0.389 e. The minimum Gasteiger partial charge on any atom is -0.389 e. The predicted molar refractivity (Wildman–Crippen MR) is 101 cm³/mol. The summed E-state index contributed by atoms with van der Waals surface area (Å²) in [5, 5.41) is 23.2. The van der Waals surface area contributed by atoms with E-state index in [1.807, 2.05) is 56.0 Å². The van der Waals surface area contributed by atoms with Crippen molar-refractivity contribution in [3.05, 3.63) is 60.7 Å². The first kappa shape index (κ1) is 17.6. The number of ether oxygens (including phenoxy) is 2. The highest BCUT2D eigenvalue weighted by Crippen LogP contribution is 2.36. The Hall–Kier alpha value is -2.52. The number of nitrogens with one attached hydrogen (secondary N) is 1. The Morgan fingerprint density at radius 3 is 2.79 bits per heavy atom. The fourth-order valence-corrected chi connectivity index (χ4v) is 4.01.